The maximum atomic E-state index is 13.7. The van der Waals surface area contributed by atoms with Gasteiger partial charge in [0.15, 0.2) is 18.0 Å². The second-order valence-corrected chi connectivity index (χ2v) is 18.4. The maximum absolute atomic E-state index is 13.7. The molecular weight excluding hydrogens is 805 g/mol. The molecule has 0 saturated heterocycles. The van der Waals surface area contributed by atoms with Crippen molar-refractivity contribution in [3.63, 3.8) is 0 Å². The Morgan fingerprint density at radius 1 is 1.00 bits per heavy atom. The summed E-state index contributed by atoms with van der Waals surface area (Å²) in [7, 11) is -3.48. The number of pyridine rings is 2. The normalized spacial score (nSPS) is 17.6. The molecule has 308 valence electrons. The minimum atomic E-state index is -3.48. The third-order valence-electron chi connectivity index (χ3n) is 10.8. The first kappa shape index (κ1) is 39.9. The van der Waals surface area contributed by atoms with Gasteiger partial charge in [-0.05, 0) is 61.2 Å². The standard InChI is InChI=1S/C40H40N6O11S2/c1-6-40(52)24-14-28-33-22(15-46(28)37(50)23(24)16-57-38(40)51)21-11-12-55-34-27(10-9-26(42-33)31(21)34)43-35(48)19(4)41-36(49)32(18(2)3)45-30(47)17-56-20-7-8-25-29(13-20)58-39(44-25)59(5,53)54/h7-10,13-14,18-19,32,52H,6,11-12,15-17H2,1-5H3,(H,41,49)(H,43,48)(H,45,47)/t19-,32-,40-/m0/s1. The maximum Gasteiger partial charge on any atom is 0.343 e. The fourth-order valence-corrected chi connectivity index (χ4v) is 9.52. The molecule has 8 rings (SSSR count). The molecule has 3 aromatic heterocycles. The molecule has 0 saturated carbocycles. The number of esters is 1. The van der Waals surface area contributed by atoms with Crippen LogP contribution < -0.4 is 31.0 Å². The third kappa shape index (κ3) is 6.95. The molecule has 0 unspecified atom stereocenters. The second kappa shape index (κ2) is 14.7. The van der Waals surface area contributed by atoms with E-state index in [-0.39, 0.29) is 53.1 Å². The average Bonchev–Trinajstić information content (AvgIpc) is 3.81. The van der Waals surface area contributed by atoms with Gasteiger partial charge in [-0.15, -0.1) is 11.3 Å². The number of aromatic nitrogens is 3. The van der Waals surface area contributed by atoms with Crippen molar-refractivity contribution in [2.45, 2.75) is 75.7 Å². The Kier molecular flexibility index (Phi) is 9.95. The zero-order valence-electron chi connectivity index (χ0n) is 32.6. The molecule has 3 aliphatic rings. The highest BCUT2D eigenvalue weighted by atomic mass is 32.2. The number of hydrogen-bond acceptors (Lipinski definition) is 14. The molecule has 3 aliphatic heterocycles. The minimum absolute atomic E-state index is 0.0264. The molecule has 4 N–H and O–H groups in total. The number of ether oxygens (including phenoxy) is 3. The van der Waals surface area contributed by atoms with Crippen molar-refractivity contribution < 1.29 is 46.9 Å². The number of anilines is 1. The topological polar surface area (TPSA) is 234 Å². The Hall–Kier alpha value is -5.92. The van der Waals surface area contributed by atoms with E-state index in [1.807, 2.05) is 0 Å². The van der Waals surface area contributed by atoms with Crippen molar-refractivity contribution in [3.8, 4) is 22.9 Å². The van der Waals surface area contributed by atoms with Crippen molar-refractivity contribution >= 4 is 71.7 Å². The minimum Gasteiger partial charge on any atom is -0.490 e. The summed E-state index contributed by atoms with van der Waals surface area (Å²) in [5.74, 6) is -2.16. The van der Waals surface area contributed by atoms with E-state index in [9.17, 15) is 37.5 Å². The SMILES string of the molecule is CC[C@@]1(O)C(=O)OCc2c1cc1n(c2=O)Cc2c-1nc1ccc(NC(=O)[C@H](C)NC(=O)[C@@H](NC(=O)COc3ccc4nc(S(C)(=O)=O)sc4c3)C(C)C)c3c1c2CCO3. The number of carbonyl (C=O) groups is 4. The lowest BCUT2D eigenvalue weighted by Crippen LogP contribution is -2.54. The molecule has 3 amide bonds. The molecule has 0 spiro atoms. The predicted molar refractivity (Wildman–Crippen MR) is 215 cm³/mol. The van der Waals surface area contributed by atoms with E-state index >= 15 is 0 Å². The number of thiazole rings is 1. The monoisotopic (exact) mass is 844 g/mol. The van der Waals surface area contributed by atoms with Gasteiger partial charge < -0.3 is 39.8 Å². The van der Waals surface area contributed by atoms with E-state index in [0.717, 1.165) is 28.7 Å². The number of rotatable bonds is 11. The fourth-order valence-electron chi connectivity index (χ4n) is 7.65. The van der Waals surface area contributed by atoms with Crippen LogP contribution in [-0.2, 0) is 58.9 Å². The second-order valence-electron chi connectivity index (χ2n) is 15.1. The number of sulfone groups is 1. The highest BCUT2D eigenvalue weighted by Crippen LogP contribution is 2.45. The Balaban J connectivity index is 0.959. The van der Waals surface area contributed by atoms with Crippen LogP contribution in [0, 0.1) is 5.92 Å². The molecule has 0 fully saturated rings. The first-order valence-corrected chi connectivity index (χ1v) is 21.6. The molecule has 0 bridgehead atoms. The summed E-state index contributed by atoms with van der Waals surface area (Å²) in [6, 6.07) is 7.74. The summed E-state index contributed by atoms with van der Waals surface area (Å²) in [5, 5.41) is 20.1. The number of carbonyl (C=O) groups excluding carboxylic acids is 4. The molecule has 5 aromatic rings. The molecule has 19 heteroatoms. The number of nitrogens with one attached hydrogen (secondary N) is 3. The summed E-state index contributed by atoms with van der Waals surface area (Å²) < 4.78 is 42.8. The van der Waals surface area contributed by atoms with Crippen molar-refractivity contribution in [3.05, 3.63) is 69.0 Å². The largest absolute Gasteiger partial charge is 0.490 e. The van der Waals surface area contributed by atoms with Crippen molar-refractivity contribution in [2.75, 3.05) is 24.8 Å². The van der Waals surface area contributed by atoms with E-state index in [2.05, 4.69) is 20.9 Å². The van der Waals surface area contributed by atoms with Crippen LogP contribution in [0.3, 0.4) is 0 Å². The van der Waals surface area contributed by atoms with Gasteiger partial charge in [0.25, 0.3) is 11.5 Å². The molecule has 59 heavy (non-hydrogen) atoms. The zero-order valence-corrected chi connectivity index (χ0v) is 34.3. The first-order valence-electron chi connectivity index (χ1n) is 18.9. The number of cyclic esters (lactones) is 1. The quantitative estimate of drug-likeness (QED) is 0.138. The number of fused-ring (bicyclic) bond motifs is 6. The smallest absolute Gasteiger partial charge is 0.343 e. The fraction of sp³-hybridized carbons (Fsp3) is 0.375. The van der Waals surface area contributed by atoms with Crippen LogP contribution in [0.4, 0.5) is 5.69 Å². The summed E-state index contributed by atoms with van der Waals surface area (Å²) in [6.07, 6.45) is 1.60. The van der Waals surface area contributed by atoms with E-state index < -0.39 is 57.8 Å². The van der Waals surface area contributed by atoms with Crippen LogP contribution in [0.25, 0.3) is 32.5 Å². The summed E-state index contributed by atoms with van der Waals surface area (Å²) in [4.78, 5) is 75.3. The van der Waals surface area contributed by atoms with Gasteiger partial charge in [-0.2, -0.15) is 0 Å². The lowest BCUT2D eigenvalue weighted by Gasteiger charge is -2.31. The van der Waals surface area contributed by atoms with Crippen molar-refractivity contribution in [1.82, 2.24) is 25.2 Å². The van der Waals surface area contributed by atoms with E-state index in [1.54, 1.807) is 61.7 Å². The Morgan fingerprint density at radius 2 is 1.76 bits per heavy atom. The lowest BCUT2D eigenvalue weighted by atomic mass is 9.86. The van der Waals surface area contributed by atoms with Gasteiger partial charge in [0.05, 0.1) is 51.5 Å². The molecule has 0 aliphatic carbocycles. The van der Waals surface area contributed by atoms with E-state index in [1.165, 1.54) is 6.92 Å². The number of aliphatic hydroxyl groups is 1. The van der Waals surface area contributed by atoms with Gasteiger partial charge in [-0.25, -0.2) is 23.2 Å². The molecule has 3 atom stereocenters. The Morgan fingerprint density at radius 3 is 2.49 bits per heavy atom. The van der Waals surface area contributed by atoms with Gasteiger partial charge in [-0.1, -0.05) is 20.8 Å². The molecule has 2 aromatic carbocycles. The van der Waals surface area contributed by atoms with Crippen molar-refractivity contribution in [2.24, 2.45) is 5.92 Å². The molecule has 17 nitrogen and oxygen atoms in total. The zero-order chi connectivity index (χ0) is 42.1. The first-order chi connectivity index (χ1) is 28.0. The van der Waals surface area contributed by atoms with Crippen LogP contribution in [-0.4, -0.2) is 83.3 Å². The van der Waals surface area contributed by atoms with Gasteiger partial charge in [-0.3, -0.25) is 19.2 Å². The van der Waals surface area contributed by atoms with Crippen LogP contribution >= 0.6 is 11.3 Å². The van der Waals surface area contributed by atoms with Crippen molar-refractivity contribution in [1.29, 1.82) is 0 Å². The lowest BCUT2D eigenvalue weighted by molar-refractivity contribution is -0.172. The Labute approximate surface area is 341 Å². The van der Waals surface area contributed by atoms with E-state index in [0.29, 0.717) is 56.1 Å². The highest BCUT2D eigenvalue weighted by Gasteiger charge is 2.45. The summed E-state index contributed by atoms with van der Waals surface area (Å²) in [6.45, 7) is 6.48. The van der Waals surface area contributed by atoms with E-state index in [4.69, 9.17) is 19.2 Å². The van der Waals surface area contributed by atoms with Gasteiger partial charge in [0, 0.05) is 29.2 Å². The number of hydrogen-bond donors (Lipinski definition) is 4. The van der Waals surface area contributed by atoms with Gasteiger partial charge in [0.2, 0.25) is 26.0 Å². The third-order valence-corrected chi connectivity index (χ3v) is 13.5. The predicted octanol–water partition coefficient (Wildman–Crippen LogP) is 2.69. The average molecular weight is 845 g/mol. The number of benzene rings is 2. The molecular formula is C40H40N6O11S2. The molecule has 0 radical (unpaired) electrons. The van der Waals surface area contributed by atoms with Crippen LogP contribution in [0.15, 0.2) is 45.5 Å². The van der Waals surface area contributed by atoms with Crippen LogP contribution in [0.1, 0.15) is 56.4 Å². The van der Waals surface area contributed by atoms with Crippen LogP contribution in [0.5, 0.6) is 11.5 Å². The van der Waals surface area contributed by atoms with Gasteiger partial charge in [0.1, 0.15) is 24.4 Å². The highest BCUT2D eigenvalue weighted by molar-refractivity contribution is 7.92. The number of amides is 3. The Bertz CT molecular complexity index is 2820. The summed E-state index contributed by atoms with van der Waals surface area (Å²) >= 11 is 0.989. The molecule has 6 heterocycles. The summed E-state index contributed by atoms with van der Waals surface area (Å²) in [5.41, 5.74) is 2.28. The van der Waals surface area contributed by atoms with Crippen LogP contribution in [0.2, 0.25) is 0 Å². The van der Waals surface area contributed by atoms with Gasteiger partial charge >= 0.3 is 5.97 Å². The number of nitrogens with zero attached hydrogens (tertiary/aromatic N) is 3.